The van der Waals surface area contributed by atoms with Crippen LogP contribution in [-0.2, 0) is 14.1 Å². The lowest BCUT2D eigenvalue weighted by Crippen LogP contribution is -2.41. The van der Waals surface area contributed by atoms with Gasteiger partial charge in [0.1, 0.15) is 6.10 Å². The summed E-state index contributed by atoms with van der Waals surface area (Å²) in [6, 6.07) is 5.78. The van der Waals surface area contributed by atoms with Crippen molar-refractivity contribution in [3.63, 3.8) is 0 Å². The van der Waals surface area contributed by atoms with Crippen LogP contribution in [0.4, 0.5) is 0 Å². The third-order valence-electron chi connectivity index (χ3n) is 5.63. The quantitative estimate of drug-likeness (QED) is 0.593. The fourth-order valence-electron chi connectivity index (χ4n) is 3.19. The highest BCUT2D eigenvalue weighted by atomic mass is 16.7. The highest BCUT2D eigenvalue weighted by Crippen LogP contribution is 2.37. The van der Waals surface area contributed by atoms with Crippen molar-refractivity contribution < 1.29 is 23.6 Å². The van der Waals surface area contributed by atoms with Crippen molar-refractivity contribution in [1.82, 2.24) is 4.90 Å². The first-order valence-corrected chi connectivity index (χ1v) is 9.15. The molecule has 1 amide bonds. The number of likely N-dealkylation sites (tertiary alicyclic amines) is 1. The number of carbonyl (C=O) groups is 1. The van der Waals surface area contributed by atoms with Crippen LogP contribution in [0.3, 0.4) is 0 Å². The first-order valence-electron chi connectivity index (χ1n) is 9.15. The van der Waals surface area contributed by atoms with Crippen LogP contribution in [0.2, 0.25) is 0 Å². The van der Waals surface area contributed by atoms with Gasteiger partial charge in [-0.2, -0.15) is 0 Å². The first kappa shape index (κ1) is 19.0. The molecule has 2 fully saturated rings. The predicted octanol–water partition coefficient (Wildman–Crippen LogP) is 1.99. The monoisotopic (exact) mass is 361 g/mol. The number of nitrogens with zero attached hydrogens (tertiary/aromatic N) is 1. The Hall–Kier alpha value is -1.73. The number of amides is 1. The molecule has 1 aromatic rings. The molecule has 2 aliphatic rings. The number of ether oxygens (including phenoxy) is 2. The van der Waals surface area contributed by atoms with Crippen LogP contribution in [-0.4, -0.2) is 55.9 Å². The molecule has 0 spiro atoms. The Morgan fingerprint density at radius 2 is 1.73 bits per heavy atom. The molecular weight excluding hydrogens is 333 g/mol. The van der Waals surface area contributed by atoms with Crippen molar-refractivity contribution in [2.75, 3.05) is 20.2 Å². The number of benzene rings is 1. The van der Waals surface area contributed by atoms with E-state index >= 15 is 0 Å². The van der Waals surface area contributed by atoms with Crippen LogP contribution >= 0.6 is 0 Å². The van der Waals surface area contributed by atoms with E-state index in [1.807, 2.05) is 45.9 Å². The molecule has 0 saturated carbocycles. The fourth-order valence-corrected chi connectivity index (χ4v) is 3.19. The lowest BCUT2D eigenvalue weighted by atomic mass is 9.79. The number of hydrogen-bond acceptors (Lipinski definition) is 5. The normalized spacial score (nSPS) is 22.3. The Bertz CT molecular complexity index is 639. The number of methoxy groups -OCH3 is 1. The van der Waals surface area contributed by atoms with Gasteiger partial charge in [0.05, 0.1) is 18.3 Å². The molecule has 1 aromatic carbocycles. The van der Waals surface area contributed by atoms with Gasteiger partial charge in [0, 0.05) is 25.9 Å². The molecule has 2 aliphatic heterocycles. The molecule has 26 heavy (non-hydrogen) atoms. The molecule has 2 heterocycles. The molecule has 0 radical (unpaired) electrons. The summed E-state index contributed by atoms with van der Waals surface area (Å²) < 4.78 is 23.9. The highest BCUT2D eigenvalue weighted by Gasteiger charge is 2.51. The minimum atomic E-state index is -0.432. The van der Waals surface area contributed by atoms with Gasteiger partial charge < -0.3 is 23.7 Å². The van der Waals surface area contributed by atoms with Gasteiger partial charge >= 0.3 is 7.12 Å². The fraction of sp³-hybridized carbons (Fsp3) is 0.632. The van der Waals surface area contributed by atoms with Crippen molar-refractivity contribution >= 4 is 19.0 Å². The van der Waals surface area contributed by atoms with E-state index in [0.717, 1.165) is 37.8 Å². The summed E-state index contributed by atoms with van der Waals surface area (Å²) in [5, 5.41) is 0. The van der Waals surface area contributed by atoms with Crippen LogP contribution in [0.5, 0.6) is 11.5 Å². The number of rotatable bonds is 5. The SMILES string of the molecule is COc1cc(B2OC(C)(C)C(C)(C)O2)ccc1OC1CCN(C=O)CC1. The summed E-state index contributed by atoms with van der Waals surface area (Å²) in [6.07, 6.45) is 2.63. The van der Waals surface area contributed by atoms with E-state index in [-0.39, 0.29) is 17.3 Å². The summed E-state index contributed by atoms with van der Waals surface area (Å²) in [6.45, 7) is 9.59. The van der Waals surface area contributed by atoms with Gasteiger partial charge in [0.15, 0.2) is 11.5 Å². The number of hydrogen-bond donors (Lipinski definition) is 0. The van der Waals surface area contributed by atoms with E-state index in [1.165, 1.54) is 0 Å². The Balaban J connectivity index is 1.72. The van der Waals surface area contributed by atoms with Crippen molar-refractivity contribution in [1.29, 1.82) is 0 Å². The van der Waals surface area contributed by atoms with Gasteiger partial charge in [0.25, 0.3) is 0 Å². The average Bonchev–Trinajstić information content (AvgIpc) is 2.83. The van der Waals surface area contributed by atoms with Crippen molar-refractivity contribution in [3.8, 4) is 11.5 Å². The molecule has 0 aliphatic carbocycles. The molecule has 142 valence electrons. The molecule has 0 N–H and O–H groups in total. The largest absolute Gasteiger partial charge is 0.494 e. The summed E-state index contributed by atoms with van der Waals surface area (Å²) in [7, 11) is 1.20. The summed E-state index contributed by atoms with van der Waals surface area (Å²) in [5.41, 5.74) is 0.142. The Kier molecular flexibility index (Phi) is 5.22. The molecule has 0 atom stereocenters. The first-order chi connectivity index (χ1) is 12.3. The predicted molar refractivity (Wildman–Crippen MR) is 100.0 cm³/mol. The van der Waals surface area contributed by atoms with Gasteiger partial charge in [-0.05, 0) is 45.3 Å². The van der Waals surface area contributed by atoms with Gasteiger partial charge in [0.2, 0.25) is 6.41 Å². The molecule has 3 rings (SSSR count). The van der Waals surface area contributed by atoms with Gasteiger partial charge in [-0.25, -0.2) is 0 Å². The second-order valence-corrected chi connectivity index (χ2v) is 7.96. The lowest BCUT2D eigenvalue weighted by molar-refractivity contribution is -0.119. The van der Waals surface area contributed by atoms with Crippen LogP contribution in [0.1, 0.15) is 40.5 Å². The minimum Gasteiger partial charge on any atom is -0.493 e. The standard InChI is InChI=1S/C19H28BNO5/c1-18(2)19(3,4)26-20(25-18)14-6-7-16(17(12-14)23-5)24-15-8-10-21(13-22)11-9-15/h6-7,12-13,15H,8-11H2,1-5H3. The van der Waals surface area contributed by atoms with Crippen LogP contribution in [0.15, 0.2) is 18.2 Å². The molecule has 2 saturated heterocycles. The zero-order chi connectivity index (χ0) is 18.9. The third-order valence-corrected chi connectivity index (χ3v) is 5.63. The van der Waals surface area contributed by atoms with E-state index < -0.39 is 7.12 Å². The van der Waals surface area contributed by atoms with E-state index in [9.17, 15) is 4.79 Å². The van der Waals surface area contributed by atoms with E-state index in [4.69, 9.17) is 18.8 Å². The van der Waals surface area contributed by atoms with Crippen molar-refractivity contribution in [2.24, 2.45) is 0 Å². The number of piperidine rings is 1. The zero-order valence-corrected chi connectivity index (χ0v) is 16.3. The second-order valence-electron chi connectivity index (χ2n) is 7.96. The lowest BCUT2D eigenvalue weighted by Gasteiger charge is -2.32. The molecule has 7 heteroatoms. The smallest absolute Gasteiger partial charge is 0.493 e. The van der Waals surface area contributed by atoms with Crippen LogP contribution in [0.25, 0.3) is 0 Å². The van der Waals surface area contributed by atoms with E-state index in [0.29, 0.717) is 11.5 Å². The van der Waals surface area contributed by atoms with Gasteiger partial charge in [-0.3, -0.25) is 4.79 Å². The van der Waals surface area contributed by atoms with Crippen LogP contribution < -0.4 is 14.9 Å². The molecule has 6 nitrogen and oxygen atoms in total. The van der Waals surface area contributed by atoms with Crippen molar-refractivity contribution in [2.45, 2.75) is 57.8 Å². The van der Waals surface area contributed by atoms with E-state index in [1.54, 1.807) is 12.0 Å². The zero-order valence-electron chi connectivity index (χ0n) is 16.3. The average molecular weight is 361 g/mol. The number of carbonyl (C=O) groups excluding carboxylic acids is 1. The molecular formula is C19H28BNO5. The Labute approximate surface area is 155 Å². The summed E-state index contributed by atoms with van der Waals surface area (Å²) in [4.78, 5) is 12.6. The van der Waals surface area contributed by atoms with Gasteiger partial charge in [-0.15, -0.1) is 0 Å². The van der Waals surface area contributed by atoms with Crippen molar-refractivity contribution in [3.05, 3.63) is 18.2 Å². The second kappa shape index (κ2) is 7.12. The maximum Gasteiger partial charge on any atom is 0.494 e. The minimum absolute atomic E-state index is 0.0859. The maximum atomic E-state index is 10.8. The summed E-state index contributed by atoms with van der Waals surface area (Å²) in [5.74, 6) is 1.37. The topological polar surface area (TPSA) is 57.2 Å². The Morgan fingerprint density at radius 1 is 1.12 bits per heavy atom. The Morgan fingerprint density at radius 3 is 2.27 bits per heavy atom. The summed E-state index contributed by atoms with van der Waals surface area (Å²) >= 11 is 0. The maximum absolute atomic E-state index is 10.8. The van der Waals surface area contributed by atoms with E-state index in [2.05, 4.69) is 0 Å². The highest BCUT2D eigenvalue weighted by molar-refractivity contribution is 6.62. The van der Waals surface area contributed by atoms with Gasteiger partial charge in [-0.1, -0.05) is 6.07 Å². The molecule has 0 aromatic heterocycles. The molecule has 0 bridgehead atoms. The molecule has 0 unspecified atom stereocenters. The van der Waals surface area contributed by atoms with Crippen LogP contribution in [0, 0.1) is 0 Å². The third kappa shape index (κ3) is 3.69.